The van der Waals surface area contributed by atoms with E-state index in [4.69, 9.17) is 0 Å². The van der Waals surface area contributed by atoms with Gasteiger partial charge in [0.2, 0.25) is 0 Å². The highest BCUT2D eigenvalue weighted by atomic mass is 16.1. The molecule has 7 nitrogen and oxygen atoms in total. The van der Waals surface area contributed by atoms with Crippen LogP contribution in [0.1, 0.15) is 23.5 Å². The maximum atomic E-state index is 12.2. The Bertz CT molecular complexity index is 912. The lowest BCUT2D eigenvalue weighted by atomic mass is 10.1. The number of nitrogens with one attached hydrogen (secondary N) is 1. The van der Waals surface area contributed by atoms with Crippen LogP contribution in [0.3, 0.4) is 0 Å². The van der Waals surface area contributed by atoms with Crippen molar-refractivity contribution < 1.29 is 0 Å². The Morgan fingerprint density at radius 2 is 2.30 bits per heavy atom. The monoisotopic (exact) mass is 310 g/mol. The van der Waals surface area contributed by atoms with Crippen LogP contribution < -0.4 is 10.9 Å². The van der Waals surface area contributed by atoms with Gasteiger partial charge in [-0.05, 0) is 25.0 Å². The van der Waals surface area contributed by atoms with Crippen molar-refractivity contribution in [3.8, 4) is 0 Å². The van der Waals surface area contributed by atoms with E-state index >= 15 is 0 Å². The summed E-state index contributed by atoms with van der Waals surface area (Å²) >= 11 is 0. The molecule has 0 fully saturated rings. The summed E-state index contributed by atoms with van der Waals surface area (Å²) in [5.74, 6) is 1.04. The van der Waals surface area contributed by atoms with Crippen molar-refractivity contribution in [3.05, 3.63) is 58.2 Å². The molecule has 0 unspecified atom stereocenters. The Balaban J connectivity index is 1.50. The minimum atomic E-state index is -0.0438. The first kappa shape index (κ1) is 14.1. The predicted octanol–water partition coefficient (Wildman–Crippen LogP) is 0.699. The van der Waals surface area contributed by atoms with Crippen LogP contribution in [0.2, 0.25) is 0 Å². The van der Waals surface area contributed by atoms with Crippen molar-refractivity contribution in [3.63, 3.8) is 0 Å². The van der Waals surface area contributed by atoms with Gasteiger partial charge < -0.3 is 5.32 Å². The zero-order valence-electron chi connectivity index (χ0n) is 12.9. The minimum Gasteiger partial charge on any atom is -0.307 e. The molecule has 4 rings (SSSR count). The van der Waals surface area contributed by atoms with Crippen LogP contribution in [-0.2, 0) is 19.5 Å². The number of aromatic nitrogens is 5. The summed E-state index contributed by atoms with van der Waals surface area (Å²) in [6.45, 7) is 3.35. The second-order valence-electron chi connectivity index (χ2n) is 6.00. The normalized spacial score (nSPS) is 17.3. The Morgan fingerprint density at radius 3 is 3.22 bits per heavy atom. The highest BCUT2D eigenvalue weighted by Crippen LogP contribution is 2.12. The SMILES string of the molecule is Cc1ccc2nc(CN[C@H]3CCc4ncnn4C3)cc(=O)n2c1. The summed E-state index contributed by atoms with van der Waals surface area (Å²) in [7, 11) is 0. The summed E-state index contributed by atoms with van der Waals surface area (Å²) in [5, 5.41) is 7.69. The molecule has 0 saturated heterocycles. The van der Waals surface area contributed by atoms with Gasteiger partial charge in [0.25, 0.3) is 5.56 Å². The third-order valence-corrected chi connectivity index (χ3v) is 4.24. The first-order valence-electron chi connectivity index (χ1n) is 7.78. The minimum absolute atomic E-state index is 0.0438. The number of rotatable bonds is 3. The fraction of sp³-hybridized carbons (Fsp3) is 0.375. The lowest BCUT2D eigenvalue weighted by Crippen LogP contribution is -2.37. The highest BCUT2D eigenvalue weighted by Gasteiger charge is 2.19. The van der Waals surface area contributed by atoms with Crippen molar-refractivity contribution in [2.24, 2.45) is 0 Å². The Hall–Kier alpha value is -2.54. The van der Waals surface area contributed by atoms with Crippen LogP contribution >= 0.6 is 0 Å². The van der Waals surface area contributed by atoms with Crippen LogP contribution in [-0.4, -0.2) is 30.2 Å². The third kappa shape index (κ3) is 2.75. The number of pyridine rings is 1. The van der Waals surface area contributed by atoms with E-state index in [2.05, 4.69) is 20.4 Å². The van der Waals surface area contributed by atoms with Gasteiger partial charge in [-0.2, -0.15) is 5.10 Å². The Kier molecular flexibility index (Phi) is 3.42. The van der Waals surface area contributed by atoms with Gasteiger partial charge in [0.05, 0.1) is 12.2 Å². The predicted molar refractivity (Wildman–Crippen MR) is 85.2 cm³/mol. The molecule has 4 heterocycles. The summed E-state index contributed by atoms with van der Waals surface area (Å²) in [6.07, 6.45) is 5.36. The molecule has 0 aromatic carbocycles. The quantitative estimate of drug-likeness (QED) is 0.770. The molecule has 23 heavy (non-hydrogen) atoms. The number of aryl methyl sites for hydroxylation is 2. The molecule has 0 amide bonds. The maximum Gasteiger partial charge on any atom is 0.258 e. The van der Waals surface area contributed by atoms with Crippen molar-refractivity contribution in [1.82, 2.24) is 29.5 Å². The summed E-state index contributed by atoms with van der Waals surface area (Å²) in [6, 6.07) is 5.76. The van der Waals surface area contributed by atoms with E-state index in [1.165, 1.54) is 0 Å². The molecule has 0 spiro atoms. The summed E-state index contributed by atoms with van der Waals surface area (Å²) < 4.78 is 3.52. The van der Waals surface area contributed by atoms with Gasteiger partial charge in [0, 0.05) is 31.3 Å². The topological polar surface area (TPSA) is 77.1 Å². The molecule has 0 aliphatic carbocycles. The Labute approximate surface area is 133 Å². The van der Waals surface area contributed by atoms with E-state index in [1.807, 2.05) is 29.9 Å². The van der Waals surface area contributed by atoms with Crippen LogP contribution in [0, 0.1) is 6.92 Å². The van der Waals surface area contributed by atoms with Gasteiger partial charge in [-0.1, -0.05) is 6.07 Å². The third-order valence-electron chi connectivity index (χ3n) is 4.24. The van der Waals surface area contributed by atoms with E-state index in [0.717, 1.165) is 36.5 Å². The van der Waals surface area contributed by atoms with Crippen LogP contribution in [0.4, 0.5) is 0 Å². The molecule has 118 valence electrons. The van der Waals surface area contributed by atoms with Crippen molar-refractivity contribution >= 4 is 5.65 Å². The van der Waals surface area contributed by atoms with E-state index < -0.39 is 0 Å². The summed E-state index contributed by atoms with van der Waals surface area (Å²) in [4.78, 5) is 21.0. The first-order chi connectivity index (χ1) is 11.2. The van der Waals surface area contributed by atoms with E-state index in [0.29, 0.717) is 18.2 Å². The first-order valence-corrected chi connectivity index (χ1v) is 7.78. The van der Waals surface area contributed by atoms with Gasteiger partial charge >= 0.3 is 0 Å². The molecule has 1 N–H and O–H groups in total. The molecule has 3 aromatic heterocycles. The molecule has 0 saturated carbocycles. The zero-order valence-corrected chi connectivity index (χ0v) is 12.9. The molecule has 0 bridgehead atoms. The van der Waals surface area contributed by atoms with Gasteiger partial charge in [-0.3, -0.25) is 9.20 Å². The molecule has 3 aromatic rings. The van der Waals surface area contributed by atoms with E-state index in [1.54, 1.807) is 16.8 Å². The standard InChI is InChI=1S/C16H18N6O/c1-11-2-4-15-20-13(6-16(23)21(15)8-11)7-17-12-3-5-14-18-10-19-22(14)9-12/h2,4,6,8,10,12,17H,3,5,7,9H2,1H3/t12-/m0/s1. The molecule has 1 atom stereocenters. The van der Waals surface area contributed by atoms with Crippen LogP contribution in [0.5, 0.6) is 0 Å². The lowest BCUT2D eigenvalue weighted by molar-refractivity contribution is 0.356. The number of nitrogens with zero attached hydrogens (tertiary/aromatic N) is 5. The molecule has 1 aliphatic rings. The maximum absolute atomic E-state index is 12.2. The second kappa shape index (κ2) is 5.58. The zero-order chi connectivity index (χ0) is 15.8. The molecular formula is C16H18N6O. The second-order valence-corrected chi connectivity index (χ2v) is 6.00. The number of hydrogen-bond donors (Lipinski definition) is 1. The Morgan fingerprint density at radius 1 is 1.39 bits per heavy atom. The molecule has 1 aliphatic heterocycles. The smallest absolute Gasteiger partial charge is 0.258 e. The fourth-order valence-electron chi connectivity index (χ4n) is 3.00. The van der Waals surface area contributed by atoms with Gasteiger partial charge in [-0.25, -0.2) is 14.6 Å². The van der Waals surface area contributed by atoms with Gasteiger partial charge in [0.15, 0.2) is 0 Å². The highest BCUT2D eigenvalue weighted by molar-refractivity contribution is 5.39. The van der Waals surface area contributed by atoms with Gasteiger partial charge in [-0.15, -0.1) is 0 Å². The lowest BCUT2D eigenvalue weighted by Gasteiger charge is -2.23. The van der Waals surface area contributed by atoms with Gasteiger partial charge in [0.1, 0.15) is 17.8 Å². The average Bonchev–Trinajstić information content (AvgIpc) is 3.01. The molecular weight excluding hydrogens is 292 g/mol. The van der Waals surface area contributed by atoms with E-state index in [-0.39, 0.29) is 5.56 Å². The average molecular weight is 310 g/mol. The van der Waals surface area contributed by atoms with Crippen molar-refractivity contribution in [1.29, 1.82) is 0 Å². The number of hydrogen-bond acceptors (Lipinski definition) is 5. The van der Waals surface area contributed by atoms with Crippen LogP contribution in [0.15, 0.2) is 35.5 Å². The largest absolute Gasteiger partial charge is 0.307 e. The number of fused-ring (bicyclic) bond motifs is 2. The summed E-state index contributed by atoms with van der Waals surface area (Å²) in [5.41, 5.74) is 2.45. The molecule has 0 radical (unpaired) electrons. The van der Waals surface area contributed by atoms with Crippen molar-refractivity contribution in [2.75, 3.05) is 0 Å². The molecule has 7 heteroatoms. The van der Waals surface area contributed by atoms with E-state index in [9.17, 15) is 4.79 Å². The van der Waals surface area contributed by atoms with Crippen LogP contribution in [0.25, 0.3) is 5.65 Å². The van der Waals surface area contributed by atoms with Crippen molar-refractivity contribution in [2.45, 2.75) is 38.9 Å². The fourth-order valence-corrected chi connectivity index (χ4v) is 3.00.